The first-order valence-corrected chi connectivity index (χ1v) is 9.84. The van der Waals surface area contributed by atoms with E-state index in [1.165, 1.54) is 0 Å². The predicted molar refractivity (Wildman–Crippen MR) is 120 cm³/mol. The summed E-state index contributed by atoms with van der Waals surface area (Å²) in [4.78, 5) is 18.0. The Labute approximate surface area is 176 Å². The Morgan fingerprint density at radius 2 is 1.53 bits per heavy atom. The zero-order chi connectivity index (χ0) is 21.2. The molecule has 0 aliphatic rings. The fourth-order valence-corrected chi connectivity index (χ4v) is 3.06. The molecule has 0 spiro atoms. The molecule has 6 heteroatoms. The molecule has 0 saturated heterocycles. The Morgan fingerprint density at radius 1 is 0.867 bits per heavy atom. The van der Waals surface area contributed by atoms with Gasteiger partial charge in [0.2, 0.25) is 5.91 Å². The van der Waals surface area contributed by atoms with Crippen LogP contribution < -0.4 is 10.2 Å². The first kappa shape index (κ1) is 20.9. The maximum atomic E-state index is 12.2. The number of carbonyl (C=O) groups excluding carboxylic acids is 1. The van der Waals surface area contributed by atoms with Gasteiger partial charge in [0, 0.05) is 24.0 Å². The van der Waals surface area contributed by atoms with Crippen LogP contribution in [0.4, 0.5) is 5.69 Å². The van der Waals surface area contributed by atoms with Crippen LogP contribution in [0.15, 0.2) is 85.1 Å². The number of pyridine rings is 1. The quantitative estimate of drug-likeness (QED) is 0.397. The van der Waals surface area contributed by atoms with Crippen molar-refractivity contribution >= 4 is 23.3 Å². The average Bonchev–Trinajstić information content (AvgIpc) is 2.78. The van der Waals surface area contributed by atoms with E-state index in [1.54, 1.807) is 23.2 Å². The molecule has 0 atom stereocenters. The van der Waals surface area contributed by atoms with E-state index in [9.17, 15) is 4.79 Å². The second kappa shape index (κ2) is 10.7. The van der Waals surface area contributed by atoms with Crippen LogP contribution in [0.25, 0.3) is 0 Å². The van der Waals surface area contributed by atoms with Crippen molar-refractivity contribution in [2.45, 2.75) is 19.3 Å². The molecule has 1 aromatic heterocycles. The van der Waals surface area contributed by atoms with Crippen molar-refractivity contribution in [3.63, 3.8) is 0 Å². The summed E-state index contributed by atoms with van der Waals surface area (Å²) < 4.78 is 0. The van der Waals surface area contributed by atoms with Gasteiger partial charge in [-0.2, -0.15) is 0 Å². The minimum absolute atomic E-state index is 0.0360. The number of amides is 1. The zero-order valence-corrected chi connectivity index (χ0v) is 16.7. The van der Waals surface area contributed by atoms with Crippen LogP contribution in [0.2, 0.25) is 0 Å². The second-order valence-electron chi connectivity index (χ2n) is 6.82. The summed E-state index contributed by atoms with van der Waals surface area (Å²) in [5, 5.41) is 19.9. The van der Waals surface area contributed by atoms with Gasteiger partial charge < -0.3 is 5.32 Å². The number of anilines is 1. The molecule has 30 heavy (non-hydrogen) atoms. The molecule has 3 N–H and O–H groups in total. The van der Waals surface area contributed by atoms with Gasteiger partial charge in [-0.3, -0.25) is 25.5 Å². The summed E-state index contributed by atoms with van der Waals surface area (Å²) in [5.74, 6) is 0.255. The van der Waals surface area contributed by atoms with Gasteiger partial charge in [-0.1, -0.05) is 54.6 Å². The highest BCUT2D eigenvalue weighted by atomic mass is 16.1. The topological polar surface area (TPSA) is 92.9 Å². The van der Waals surface area contributed by atoms with Crippen LogP contribution in [0.1, 0.15) is 17.7 Å². The molecule has 0 bridgehead atoms. The number of aryl methyl sites for hydroxylation is 1. The van der Waals surface area contributed by atoms with E-state index in [4.69, 9.17) is 10.8 Å². The summed E-state index contributed by atoms with van der Waals surface area (Å²) in [6.07, 6.45) is 3.01. The summed E-state index contributed by atoms with van der Waals surface area (Å²) in [6, 6.07) is 24.8. The lowest BCUT2D eigenvalue weighted by molar-refractivity contribution is -0.120. The second-order valence-corrected chi connectivity index (χ2v) is 6.82. The van der Waals surface area contributed by atoms with E-state index >= 15 is 0 Å². The van der Waals surface area contributed by atoms with Crippen molar-refractivity contribution in [1.29, 1.82) is 10.8 Å². The lowest BCUT2D eigenvalue weighted by atomic mass is 10.1. The number of nitrogens with one attached hydrogen (secondary N) is 3. The molecule has 0 saturated carbocycles. The van der Waals surface area contributed by atoms with Gasteiger partial charge in [0.05, 0.1) is 13.0 Å². The normalized spacial score (nSPS) is 10.3. The number of hydrogen-bond donors (Lipinski definition) is 3. The first-order valence-electron chi connectivity index (χ1n) is 9.84. The molecular weight excluding hydrogens is 374 g/mol. The van der Waals surface area contributed by atoms with E-state index in [0.717, 1.165) is 11.3 Å². The van der Waals surface area contributed by atoms with Crippen molar-refractivity contribution in [3.8, 4) is 0 Å². The van der Waals surface area contributed by atoms with Crippen molar-refractivity contribution in [1.82, 2.24) is 10.3 Å². The molecule has 3 aromatic rings. The van der Waals surface area contributed by atoms with Gasteiger partial charge in [-0.25, -0.2) is 0 Å². The molecule has 0 radical (unpaired) electrons. The number of carbonyl (C=O) groups is 1. The molecule has 0 aliphatic heterocycles. The monoisotopic (exact) mass is 399 g/mol. The number of rotatable bonds is 8. The van der Waals surface area contributed by atoms with Crippen molar-refractivity contribution in [2.24, 2.45) is 0 Å². The van der Waals surface area contributed by atoms with E-state index in [1.807, 2.05) is 66.7 Å². The highest BCUT2D eigenvalue weighted by Gasteiger charge is 2.18. The van der Waals surface area contributed by atoms with Crippen LogP contribution >= 0.6 is 0 Å². The van der Waals surface area contributed by atoms with Crippen LogP contribution in [-0.4, -0.2) is 29.1 Å². The molecule has 1 amide bonds. The largest absolute Gasteiger partial charge is 0.349 e. The highest BCUT2D eigenvalue weighted by molar-refractivity contribution is 6.18. The average molecular weight is 399 g/mol. The molecule has 3 rings (SSSR count). The van der Waals surface area contributed by atoms with Gasteiger partial charge >= 0.3 is 0 Å². The lowest BCUT2D eigenvalue weighted by Crippen LogP contribution is -2.43. The van der Waals surface area contributed by atoms with Crippen LogP contribution in [0.3, 0.4) is 0 Å². The summed E-state index contributed by atoms with van der Waals surface area (Å²) in [5.41, 5.74) is 2.56. The zero-order valence-electron chi connectivity index (χ0n) is 16.7. The molecule has 1 heterocycles. The number of hydrogen-bond acceptors (Lipinski definition) is 4. The summed E-state index contributed by atoms with van der Waals surface area (Å²) in [7, 11) is 0. The molecule has 2 aromatic carbocycles. The third-order valence-corrected chi connectivity index (χ3v) is 4.57. The van der Waals surface area contributed by atoms with E-state index in [0.29, 0.717) is 24.4 Å². The van der Waals surface area contributed by atoms with Gasteiger partial charge in [0.15, 0.2) is 0 Å². The molecule has 6 nitrogen and oxygen atoms in total. The standard InChI is InChI=1S/C24H25N5O/c25-22(15-14-19-9-3-1-4-10-19)29(21-12-5-2-6-13-21)23(26)18-28-24(30)17-20-11-7-8-16-27-20/h1-13,16,25-26H,14-15,17-18H2,(H,28,30). The molecule has 0 aliphatic carbocycles. The van der Waals surface area contributed by atoms with Crippen LogP contribution in [-0.2, 0) is 17.6 Å². The van der Waals surface area contributed by atoms with Gasteiger partial charge in [0.25, 0.3) is 0 Å². The maximum Gasteiger partial charge on any atom is 0.226 e. The third-order valence-electron chi connectivity index (χ3n) is 4.57. The Morgan fingerprint density at radius 3 is 2.20 bits per heavy atom. The van der Waals surface area contributed by atoms with Gasteiger partial charge in [0.1, 0.15) is 11.7 Å². The molecular formula is C24H25N5O. The number of aromatic nitrogens is 1. The SMILES string of the molecule is N=C(CCc1ccccc1)N(C(=N)CNC(=O)Cc1ccccn1)c1ccccc1. The Bertz CT molecular complexity index is 974. The minimum Gasteiger partial charge on any atom is -0.349 e. The number of nitrogens with zero attached hydrogens (tertiary/aromatic N) is 2. The van der Waals surface area contributed by atoms with E-state index in [-0.39, 0.29) is 24.7 Å². The van der Waals surface area contributed by atoms with Crippen molar-refractivity contribution in [3.05, 3.63) is 96.3 Å². The molecule has 0 fully saturated rings. The fraction of sp³-hybridized carbons (Fsp3) is 0.167. The third kappa shape index (κ3) is 6.10. The maximum absolute atomic E-state index is 12.2. The van der Waals surface area contributed by atoms with Crippen molar-refractivity contribution < 1.29 is 4.79 Å². The fourth-order valence-electron chi connectivity index (χ4n) is 3.06. The van der Waals surface area contributed by atoms with E-state index < -0.39 is 0 Å². The highest BCUT2D eigenvalue weighted by Crippen LogP contribution is 2.16. The summed E-state index contributed by atoms with van der Waals surface area (Å²) in [6.45, 7) is 0.0360. The predicted octanol–water partition coefficient (Wildman–Crippen LogP) is 3.83. The minimum atomic E-state index is -0.206. The number of benzene rings is 2. The van der Waals surface area contributed by atoms with E-state index in [2.05, 4.69) is 10.3 Å². The van der Waals surface area contributed by atoms with Crippen molar-refractivity contribution in [2.75, 3.05) is 11.4 Å². The number of para-hydroxylation sites is 1. The Kier molecular flexibility index (Phi) is 7.44. The van der Waals surface area contributed by atoms with Gasteiger partial charge in [-0.05, 0) is 36.2 Å². The molecule has 152 valence electrons. The van der Waals surface area contributed by atoms with Crippen LogP contribution in [0, 0.1) is 10.8 Å². The molecule has 0 unspecified atom stereocenters. The summed E-state index contributed by atoms with van der Waals surface area (Å²) >= 11 is 0. The smallest absolute Gasteiger partial charge is 0.226 e. The van der Waals surface area contributed by atoms with Gasteiger partial charge in [-0.15, -0.1) is 0 Å². The number of amidine groups is 2. The lowest BCUT2D eigenvalue weighted by Gasteiger charge is -2.26. The first-order chi connectivity index (χ1) is 14.6. The Hall–Kier alpha value is -3.80. The van der Waals surface area contributed by atoms with Crippen LogP contribution in [0.5, 0.6) is 0 Å². The Balaban J connectivity index is 1.63.